The number of methoxy groups -OCH3 is 1. The van der Waals surface area contributed by atoms with Gasteiger partial charge in [0.2, 0.25) is 0 Å². The summed E-state index contributed by atoms with van der Waals surface area (Å²) in [7, 11) is -0.0512. The van der Waals surface area contributed by atoms with Gasteiger partial charge in [-0.1, -0.05) is 11.6 Å². The standard InChI is InChI=1S/C13H16N2O4S.C6H5ClOS/c1-19-11-6-10(7-14)2-3-12(11)20(18)15-5-4-13(17,8-15)9-16;7-5-1-3-6(9-8)4-2-5/h2-3,6,16-17H,4-5,8-9H2,1H3;1-4,8H. The van der Waals surface area contributed by atoms with E-state index in [9.17, 15) is 9.32 Å². The minimum atomic E-state index is -1.50. The molecule has 3 N–H and O–H groups in total. The number of benzene rings is 2. The number of hydrogen-bond donors (Lipinski definition) is 3. The second kappa shape index (κ2) is 10.9. The lowest BCUT2D eigenvalue weighted by Gasteiger charge is -2.20. The molecule has 2 atom stereocenters. The number of aliphatic hydroxyl groups is 2. The first-order valence-electron chi connectivity index (χ1n) is 8.51. The van der Waals surface area contributed by atoms with Crippen molar-refractivity contribution in [3.63, 3.8) is 0 Å². The predicted molar refractivity (Wildman–Crippen MR) is 112 cm³/mol. The van der Waals surface area contributed by atoms with Crippen molar-refractivity contribution in [1.29, 1.82) is 5.26 Å². The molecule has 1 aliphatic heterocycles. The highest BCUT2D eigenvalue weighted by Crippen LogP contribution is 2.29. The molecule has 2 unspecified atom stereocenters. The Bertz CT molecular complexity index is 891. The molecule has 0 radical (unpaired) electrons. The summed E-state index contributed by atoms with van der Waals surface area (Å²) < 4.78 is 27.8. The number of β-amino-alcohol motifs (C(OH)–C–C–N with tert-alkyl or cyclic N) is 1. The summed E-state index contributed by atoms with van der Waals surface area (Å²) in [5.41, 5.74) is -0.772. The Kier molecular flexibility index (Phi) is 8.92. The monoisotopic (exact) mass is 456 g/mol. The smallest absolute Gasteiger partial charge is 0.137 e. The molecule has 29 heavy (non-hydrogen) atoms. The van der Waals surface area contributed by atoms with E-state index in [1.54, 1.807) is 40.7 Å². The van der Waals surface area contributed by atoms with Gasteiger partial charge in [-0.05, 0) is 48.9 Å². The SMILES string of the molecule is COc1cc(C#N)ccc1S(=O)N1CCC(O)(CO)C1.OSc1ccc(Cl)cc1. The van der Waals surface area contributed by atoms with Gasteiger partial charge in [0, 0.05) is 35.1 Å². The van der Waals surface area contributed by atoms with Crippen LogP contribution in [0.5, 0.6) is 5.75 Å². The summed E-state index contributed by atoms with van der Waals surface area (Å²) in [6, 6.07) is 13.7. The van der Waals surface area contributed by atoms with E-state index in [4.69, 9.17) is 31.3 Å². The molecule has 1 saturated heterocycles. The van der Waals surface area contributed by atoms with E-state index in [1.807, 2.05) is 6.07 Å². The first-order chi connectivity index (χ1) is 13.9. The Morgan fingerprint density at radius 2 is 2.03 bits per heavy atom. The first-order valence-corrected chi connectivity index (χ1v) is 10.8. The molecule has 0 aliphatic carbocycles. The van der Waals surface area contributed by atoms with E-state index in [1.165, 1.54) is 13.2 Å². The molecule has 1 aliphatic rings. The van der Waals surface area contributed by atoms with Crippen molar-refractivity contribution in [3.8, 4) is 11.8 Å². The lowest BCUT2D eigenvalue weighted by molar-refractivity contribution is -0.000507. The van der Waals surface area contributed by atoms with Crippen molar-refractivity contribution in [2.75, 3.05) is 26.8 Å². The topological polar surface area (TPSA) is 114 Å². The molecule has 156 valence electrons. The zero-order valence-electron chi connectivity index (χ0n) is 15.6. The largest absolute Gasteiger partial charge is 0.495 e. The third kappa shape index (κ3) is 6.42. The zero-order valence-corrected chi connectivity index (χ0v) is 18.0. The van der Waals surface area contributed by atoms with Crippen molar-refractivity contribution in [3.05, 3.63) is 53.1 Å². The maximum Gasteiger partial charge on any atom is 0.137 e. The number of nitrogens with zero attached hydrogens (tertiary/aromatic N) is 2. The Morgan fingerprint density at radius 3 is 2.55 bits per heavy atom. The Hall–Kier alpha value is -1.64. The van der Waals surface area contributed by atoms with Gasteiger partial charge in [-0.25, -0.2) is 8.51 Å². The van der Waals surface area contributed by atoms with Crippen LogP contribution in [0.1, 0.15) is 12.0 Å². The number of rotatable bonds is 5. The minimum absolute atomic E-state index is 0.138. The fourth-order valence-corrected chi connectivity index (χ4v) is 4.38. The fraction of sp³-hybridized carbons (Fsp3) is 0.316. The number of hydrogen-bond acceptors (Lipinski definition) is 7. The number of nitriles is 1. The number of aliphatic hydroxyl groups excluding tert-OH is 1. The summed E-state index contributed by atoms with van der Waals surface area (Å²) in [6.45, 7) is 0.206. The van der Waals surface area contributed by atoms with Crippen molar-refractivity contribution in [1.82, 2.24) is 4.31 Å². The highest BCUT2D eigenvalue weighted by molar-refractivity contribution is 7.93. The second-order valence-corrected chi connectivity index (χ2v) is 8.81. The van der Waals surface area contributed by atoms with Crippen LogP contribution in [0.3, 0.4) is 0 Å². The van der Waals surface area contributed by atoms with Crippen LogP contribution in [-0.2, 0) is 11.0 Å². The van der Waals surface area contributed by atoms with Gasteiger partial charge in [0.1, 0.15) is 22.3 Å². The molecule has 3 rings (SSSR count). The van der Waals surface area contributed by atoms with Gasteiger partial charge in [0.05, 0.1) is 30.2 Å². The maximum atomic E-state index is 12.5. The molecular weight excluding hydrogens is 436 g/mol. The van der Waals surface area contributed by atoms with E-state index in [0.29, 0.717) is 34.2 Å². The van der Waals surface area contributed by atoms with Gasteiger partial charge in [0.25, 0.3) is 0 Å². The molecule has 2 aromatic rings. The summed E-state index contributed by atoms with van der Waals surface area (Å²) in [5.74, 6) is 0.377. The van der Waals surface area contributed by atoms with Gasteiger partial charge in [-0.15, -0.1) is 0 Å². The zero-order chi connectivity index (χ0) is 21.4. The first kappa shape index (κ1) is 23.6. The molecule has 2 aromatic carbocycles. The van der Waals surface area contributed by atoms with Gasteiger partial charge in [0.15, 0.2) is 0 Å². The average molecular weight is 457 g/mol. The molecule has 0 bridgehead atoms. The third-order valence-corrected chi connectivity index (χ3v) is 6.46. The summed E-state index contributed by atoms with van der Waals surface area (Å²) in [4.78, 5) is 1.26. The van der Waals surface area contributed by atoms with Crippen LogP contribution in [0.2, 0.25) is 5.02 Å². The molecule has 1 heterocycles. The Balaban J connectivity index is 0.000000278. The average Bonchev–Trinajstić information content (AvgIpc) is 3.16. The van der Waals surface area contributed by atoms with E-state index in [0.717, 1.165) is 16.9 Å². The van der Waals surface area contributed by atoms with Crippen LogP contribution in [0, 0.1) is 11.3 Å². The highest BCUT2D eigenvalue weighted by Gasteiger charge is 2.38. The van der Waals surface area contributed by atoms with Crippen LogP contribution in [0.25, 0.3) is 0 Å². The van der Waals surface area contributed by atoms with E-state index < -0.39 is 16.6 Å². The quantitative estimate of drug-likeness (QED) is 0.592. The molecule has 0 saturated carbocycles. The van der Waals surface area contributed by atoms with Crippen LogP contribution in [0.4, 0.5) is 0 Å². The van der Waals surface area contributed by atoms with Crippen LogP contribution in [0.15, 0.2) is 52.3 Å². The van der Waals surface area contributed by atoms with Gasteiger partial charge in [-0.3, -0.25) is 0 Å². The number of ether oxygens (including phenoxy) is 1. The summed E-state index contributed by atoms with van der Waals surface area (Å²) in [6.07, 6.45) is 0.369. The van der Waals surface area contributed by atoms with Crippen molar-refractivity contribution in [2.24, 2.45) is 0 Å². The van der Waals surface area contributed by atoms with Gasteiger partial charge < -0.3 is 19.5 Å². The van der Waals surface area contributed by atoms with Gasteiger partial charge in [-0.2, -0.15) is 5.26 Å². The van der Waals surface area contributed by atoms with Crippen LogP contribution >= 0.6 is 23.6 Å². The normalized spacial score (nSPS) is 19.7. The summed E-state index contributed by atoms with van der Waals surface area (Å²) in [5, 5.41) is 28.6. The molecule has 0 aromatic heterocycles. The Labute approximate surface area is 181 Å². The molecule has 0 spiro atoms. The highest BCUT2D eigenvalue weighted by atomic mass is 35.5. The van der Waals surface area contributed by atoms with E-state index in [2.05, 4.69) is 0 Å². The lowest BCUT2D eigenvalue weighted by Crippen LogP contribution is -2.37. The fourth-order valence-electron chi connectivity index (χ4n) is 2.61. The van der Waals surface area contributed by atoms with Crippen molar-refractivity contribution >= 4 is 34.6 Å². The predicted octanol–water partition coefficient (Wildman–Crippen LogP) is 2.92. The molecular formula is C19H21ClN2O5S2. The van der Waals surface area contributed by atoms with Crippen molar-refractivity contribution in [2.45, 2.75) is 21.8 Å². The lowest BCUT2D eigenvalue weighted by atomic mass is 10.1. The third-order valence-electron chi connectivity index (χ3n) is 4.23. The molecule has 1 fully saturated rings. The maximum absolute atomic E-state index is 12.5. The van der Waals surface area contributed by atoms with E-state index in [-0.39, 0.29) is 13.2 Å². The Morgan fingerprint density at radius 1 is 1.34 bits per heavy atom. The van der Waals surface area contributed by atoms with Crippen LogP contribution < -0.4 is 4.74 Å². The van der Waals surface area contributed by atoms with Crippen molar-refractivity contribution < 1.29 is 23.7 Å². The number of halogens is 1. The summed E-state index contributed by atoms with van der Waals surface area (Å²) >= 11 is 6.30. The van der Waals surface area contributed by atoms with E-state index >= 15 is 0 Å². The second-order valence-electron chi connectivity index (χ2n) is 6.27. The molecule has 10 heteroatoms. The molecule has 7 nitrogen and oxygen atoms in total. The van der Waals surface area contributed by atoms with Crippen LogP contribution in [-0.4, -0.2) is 55.7 Å². The molecule has 0 amide bonds. The minimum Gasteiger partial charge on any atom is -0.495 e. The van der Waals surface area contributed by atoms with Gasteiger partial charge >= 0.3 is 0 Å².